The fourth-order valence-electron chi connectivity index (χ4n) is 1.32. The lowest BCUT2D eigenvalue weighted by Crippen LogP contribution is -2.08. The van der Waals surface area contributed by atoms with Crippen molar-refractivity contribution >= 4 is 15.8 Å². The van der Waals surface area contributed by atoms with Crippen LogP contribution >= 0.6 is 0 Å². The van der Waals surface area contributed by atoms with Gasteiger partial charge in [0.2, 0.25) is 0 Å². The molecule has 0 saturated heterocycles. The van der Waals surface area contributed by atoms with Crippen LogP contribution in [0.3, 0.4) is 0 Å². The van der Waals surface area contributed by atoms with E-state index in [9.17, 15) is 13.2 Å². The maximum Gasteiger partial charge on any atom is 0.339 e. The van der Waals surface area contributed by atoms with Gasteiger partial charge in [0.15, 0.2) is 9.84 Å². The highest BCUT2D eigenvalue weighted by atomic mass is 32.2. The Morgan fingerprint density at radius 2 is 2.00 bits per heavy atom. The number of carboxylic acids is 1. The third-order valence-electron chi connectivity index (χ3n) is 2.22. The normalized spacial score (nSPS) is 11.2. The van der Waals surface area contributed by atoms with Crippen molar-refractivity contribution in [1.82, 2.24) is 0 Å². The van der Waals surface area contributed by atoms with Crippen LogP contribution in [0.4, 0.5) is 0 Å². The van der Waals surface area contributed by atoms with E-state index < -0.39 is 15.8 Å². The van der Waals surface area contributed by atoms with Crippen LogP contribution < -0.4 is 4.74 Å². The Bertz CT molecular complexity index is 519. The van der Waals surface area contributed by atoms with E-state index in [1.54, 1.807) is 6.92 Å². The molecule has 0 heterocycles. The van der Waals surface area contributed by atoms with E-state index >= 15 is 0 Å². The zero-order chi connectivity index (χ0) is 13.1. The fourth-order valence-corrected chi connectivity index (χ4v) is 2.22. The van der Waals surface area contributed by atoms with Crippen LogP contribution in [-0.2, 0) is 9.84 Å². The standard InChI is InChI=1S/C11H14O5S/c1-3-16-10-6-5-8(17(14,15)4-2)7-9(10)11(12)13/h5-7H,3-4H2,1-2H3,(H,12,13). The van der Waals surface area contributed by atoms with E-state index in [4.69, 9.17) is 9.84 Å². The van der Waals surface area contributed by atoms with Crippen molar-refractivity contribution in [1.29, 1.82) is 0 Å². The second-order valence-corrected chi connectivity index (χ2v) is 5.58. The number of ether oxygens (including phenoxy) is 1. The van der Waals surface area contributed by atoms with Crippen molar-refractivity contribution in [2.45, 2.75) is 18.7 Å². The summed E-state index contributed by atoms with van der Waals surface area (Å²) in [7, 11) is -3.40. The second kappa shape index (κ2) is 5.18. The molecule has 1 aromatic carbocycles. The van der Waals surface area contributed by atoms with Gasteiger partial charge in [0, 0.05) is 0 Å². The highest BCUT2D eigenvalue weighted by Gasteiger charge is 2.18. The van der Waals surface area contributed by atoms with Crippen LogP contribution in [-0.4, -0.2) is 31.9 Å². The number of aromatic carboxylic acids is 1. The molecule has 5 nitrogen and oxygen atoms in total. The molecule has 0 radical (unpaired) electrons. The molecule has 0 fully saturated rings. The molecule has 1 aromatic rings. The average molecular weight is 258 g/mol. The van der Waals surface area contributed by atoms with Gasteiger partial charge in [-0.1, -0.05) is 6.92 Å². The molecule has 0 aliphatic carbocycles. The predicted octanol–water partition coefficient (Wildman–Crippen LogP) is 1.58. The summed E-state index contributed by atoms with van der Waals surface area (Å²) in [6, 6.07) is 3.86. The Kier molecular flexibility index (Phi) is 4.11. The van der Waals surface area contributed by atoms with Crippen LogP contribution in [0.15, 0.2) is 23.1 Å². The van der Waals surface area contributed by atoms with E-state index in [2.05, 4.69) is 0 Å². The summed E-state index contributed by atoms with van der Waals surface area (Å²) >= 11 is 0. The number of carboxylic acid groups (broad SMARTS) is 1. The lowest BCUT2D eigenvalue weighted by Gasteiger charge is -2.09. The first-order valence-electron chi connectivity index (χ1n) is 5.15. The van der Waals surface area contributed by atoms with Crippen LogP contribution in [0.2, 0.25) is 0 Å². The first kappa shape index (κ1) is 13.5. The zero-order valence-corrected chi connectivity index (χ0v) is 10.5. The van der Waals surface area contributed by atoms with Crippen molar-refractivity contribution < 1.29 is 23.1 Å². The van der Waals surface area contributed by atoms with E-state index in [1.165, 1.54) is 19.1 Å². The predicted molar refractivity (Wildman–Crippen MR) is 62.3 cm³/mol. The van der Waals surface area contributed by atoms with Crippen molar-refractivity contribution in [3.63, 3.8) is 0 Å². The van der Waals surface area contributed by atoms with Gasteiger partial charge in [-0.25, -0.2) is 13.2 Å². The minimum atomic E-state index is -3.40. The third kappa shape index (κ3) is 2.97. The molecular formula is C11H14O5S. The monoisotopic (exact) mass is 258 g/mol. The maximum absolute atomic E-state index is 11.6. The number of sulfone groups is 1. The first-order chi connectivity index (χ1) is 7.92. The summed E-state index contributed by atoms with van der Waals surface area (Å²) in [5.74, 6) is -1.10. The van der Waals surface area contributed by atoms with E-state index in [0.29, 0.717) is 6.61 Å². The van der Waals surface area contributed by atoms with Crippen LogP contribution in [0.5, 0.6) is 5.75 Å². The molecule has 0 amide bonds. The summed E-state index contributed by atoms with van der Waals surface area (Å²) in [5.41, 5.74) is -0.138. The third-order valence-corrected chi connectivity index (χ3v) is 3.95. The smallest absolute Gasteiger partial charge is 0.339 e. The van der Waals surface area contributed by atoms with Crippen molar-refractivity contribution in [2.24, 2.45) is 0 Å². The maximum atomic E-state index is 11.6. The minimum Gasteiger partial charge on any atom is -0.493 e. The fraction of sp³-hybridized carbons (Fsp3) is 0.364. The summed E-state index contributed by atoms with van der Waals surface area (Å²) in [5, 5.41) is 8.98. The number of benzene rings is 1. The van der Waals surface area contributed by atoms with Gasteiger partial charge in [-0.3, -0.25) is 0 Å². The molecule has 0 aliphatic rings. The summed E-state index contributed by atoms with van der Waals surface area (Å²) in [4.78, 5) is 11.0. The van der Waals surface area contributed by atoms with Gasteiger partial charge in [0.05, 0.1) is 17.3 Å². The van der Waals surface area contributed by atoms with Gasteiger partial charge in [-0.05, 0) is 25.1 Å². The molecule has 0 bridgehead atoms. The highest BCUT2D eigenvalue weighted by Crippen LogP contribution is 2.23. The average Bonchev–Trinajstić information content (AvgIpc) is 2.29. The lowest BCUT2D eigenvalue weighted by atomic mass is 10.2. The van der Waals surface area contributed by atoms with Gasteiger partial charge < -0.3 is 9.84 Å². The molecule has 1 rings (SSSR count). The molecule has 1 N–H and O–H groups in total. The Labute approximate surface area is 100.0 Å². The van der Waals surface area contributed by atoms with Gasteiger partial charge in [0.25, 0.3) is 0 Å². The summed E-state index contributed by atoms with van der Waals surface area (Å²) in [6.45, 7) is 3.55. The SMILES string of the molecule is CCOc1ccc(S(=O)(=O)CC)cc1C(=O)O. The Hall–Kier alpha value is -1.56. The Balaban J connectivity index is 3.33. The molecule has 0 spiro atoms. The Morgan fingerprint density at radius 3 is 2.47 bits per heavy atom. The Morgan fingerprint density at radius 1 is 1.35 bits per heavy atom. The molecule has 94 valence electrons. The molecule has 0 saturated carbocycles. The highest BCUT2D eigenvalue weighted by molar-refractivity contribution is 7.91. The van der Waals surface area contributed by atoms with Crippen LogP contribution in [0.25, 0.3) is 0 Å². The number of carbonyl (C=O) groups is 1. The van der Waals surface area contributed by atoms with E-state index in [0.717, 1.165) is 6.07 Å². The lowest BCUT2D eigenvalue weighted by molar-refractivity contribution is 0.0692. The van der Waals surface area contributed by atoms with Crippen LogP contribution in [0, 0.1) is 0 Å². The van der Waals surface area contributed by atoms with Gasteiger partial charge >= 0.3 is 5.97 Å². The van der Waals surface area contributed by atoms with Gasteiger partial charge in [-0.15, -0.1) is 0 Å². The summed E-state index contributed by atoms with van der Waals surface area (Å²) in [6.07, 6.45) is 0. The minimum absolute atomic E-state index is 0.000790. The molecule has 6 heteroatoms. The number of rotatable bonds is 5. The quantitative estimate of drug-likeness (QED) is 0.867. The number of hydrogen-bond acceptors (Lipinski definition) is 4. The number of hydrogen-bond donors (Lipinski definition) is 1. The summed E-state index contributed by atoms with van der Waals surface area (Å²) < 4.78 is 28.3. The van der Waals surface area contributed by atoms with E-state index in [1.807, 2.05) is 0 Å². The molecule has 17 heavy (non-hydrogen) atoms. The largest absolute Gasteiger partial charge is 0.493 e. The zero-order valence-electron chi connectivity index (χ0n) is 9.63. The first-order valence-corrected chi connectivity index (χ1v) is 6.80. The molecule has 0 aliphatic heterocycles. The molecule has 0 atom stereocenters. The van der Waals surface area contributed by atoms with Crippen molar-refractivity contribution in [3.8, 4) is 5.75 Å². The molecule has 0 unspecified atom stereocenters. The van der Waals surface area contributed by atoms with E-state index in [-0.39, 0.29) is 22.0 Å². The van der Waals surface area contributed by atoms with Gasteiger partial charge in [0.1, 0.15) is 11.3 Å². The van der Waals surface area contributed by atoms with Crippen molar-refractivity contribution in [3.05, 3.63) is 23.8 Å². The second-order valence-electron chi connectivity index (χ2n) is 3.30. The topological polar surface area (TPSA) is 80.7 Å². The molecular weight excluding hydrogens is 244 g/mol. The van der Waals surface area contributed by atoms with Crippen LogP contribution in [0.1, 0.15) is 24.2 Å². The van der Waals surface area contributed by atoms with Gasteiger partial charge in [-0.2, -0.15) is 0 Å². The molecule has 0 aromatic heterocycles. The van der Waals surface area contributed by atoms with Crippen molar-refractivity contribution in [2.75, 3.05) is 12.4 Å².